The Kier molecular flexibility index (Phi) is 8.74. The Hall–Kier alpha value is -1.89. The summed E-state index contributed by atoms with van der Waals surface area (Å²) in [5.41, 5.74) is 7.47. The van der Waals surface area contributed by atoms with Crippen LogP contribution in [-0.4, -0.2) is 4.98 Å². The van der Waals surface area contributed by atoms with Gasteiger partial charge in [0.25, 0.3) is 0 Å². The highest BCUT2D eigenvalue weighted by atomic mass is 14.6. The third-order valence-corrected chi connectivity index (χ3v) is 7.65. The molecule has 1 fully saturated rings. The van der Waals surface area contributed by atoms with Gasteiger partial charge in [0.1, 0.15) is 0 Å². The highest BCUT2D eigenvalue weighted by molar-refractivity contribution is 5.64. The topological polar surface area (TPSA) is 12.9 Å². The monoisotopic (exact) mass is 431 g/mol. The molecule has 174 valence electrons. The van der Waals surface area contributed by atoms with Crippen LogP contribution >= 0.6 is 0 Å². The second-order valence-corrected chi connectivity index (χ2v) is 11.2. The summed E-state index contributed by atoms with van der Waals surface area (Å²) in [6.45, 7) is 16.2. The molecule has 2 aromatic rings. The van der Waals surface area contributed by atoms with Crippen molar-refractivity contribution in [3.8, 4) is 0 Å². The Bertz CT molecular complexity index is 865. The Morgan fingerprint density at radius 1 is 1.19 bits per heavy atom. The van der Waals surface area contributed by atoms with Crippen LogP contribution in [0.15, 0.2) is 49.3 Å². The number of benzene rings is 1. The minimum absolute atomic E-state index is 0.476. The summed E-state index contributed by atoms with van der Waals surface area (Å²) in [5, 5.41) is 0. The first-order valence-corrected chi connectivity index (χ1v) is 13.0. The van der Waals surface area contributed by atoms with E-state index >= 15 is 0 Å². The first-order chi connectivity index (χ1) is 15.3. The lowest BCUT2D eigenvalue weighted by molar-refractivity contribution is 0.101. The van der Waals surface area contributed by atoms with Gasteiger partial charge in [0, 0.05) is 12.4 Å². The number of allylic oxidation sites excluding steroid dienone is 1. The third kappa shape index (κ3) is 6.56. The molecule has 1 aliphatic carbocycles. The number of aromatic nitrogens is 1. The standard InChI is InChI=1S/C31H45N/c1-7-14-31(20-24(4)18-30(21-31)29-11-9-16-32-22-29)15-8-10-25(5)28-13-12-27(17-23(2)3)26(6)19-28/h9,11-13,16,19,22-24,30H,5,7-8,10,14-15,17-18,20-21H2,1-4,6H3. The molecule has 3 rings (SSSR count). The van der Waals surface area contributed by atoms with Crippen molar-refractivity contribution in [1.29, 1.82) is 0 Å². The fourth-order valence-electron chi connectivity index (χ4n) is 6.34. The van der Waals surface area contributed by atoms with Gasteiger partial charge in [0.05, 0.1) is 0 Å². The minimum Gasteiger partial charge on any atom is -0.264 e. The molecule has 1 heteroatoms. The van der Waals surface area contributed by atoms with Crippen LogP contribution in [0.2, 0.25) is 0 Å². The van der Waals surface area contributed by atoms with E-state index in [4.69, 9.17) is 0 Å². The number of hydrogen-bond donors (Lipinski definition) is 0. The molecule has 3 atom stereocenters. The zero-order chi connectivity index (χ0) is 23.1. The highest BCUT2D eigenvalue weighted by Crippen LogP contribution is 2.51. The molecule has 0 amide bonds. The van der Waals surface area contributed by atoms with E-state index in [2.05, 4.69) is 82.7 Å². The second kappa shape index (κ2) is 11.3. The van der Waals surface area contributed by atoms with Crippen LogP contribution < -0.4 is 0 Å². The van der Waals surface area contributed by atoms with Crippen LogP contribution in [0.4, 0.5) is 0 Å². The minimum atomic E-state index is 0.476. The summed E-state index contributed by atoms with van der Waals surface area (Å²) >= 11 is 0. The van der Waals surface area contributed by atoms with E-state index in [9.17, 15) is 0 Å². The van der Waals surface area contributed by atoms with Crippen LogP contribution in [0.3, 0.4) is 0 Å². The van der Waals surface area contributed by atoms with Crippen molar-refractivity contribution in [2.75, 3.05) is 0 Å². The van der Waals surface area contributed by atoms with Crippen molar-refractivity contribution in [3.05, 3.63) is 71.6 Å². The van der Waals surface area contributed by atoms with Crippen LogP contribution in [0, 0.1) is 24.2 Å². The second-order valence-electron chi connectivity index (χ2n) is 11.2. The van der Waals surface area contributed by atoms with Gasteiger partial charge in [0.2, 0.25) is 0 Å². The van der Waals surface area contributed by atoms with Gasteiger partial charge in [-0.05, 0) is 115 Å². The lowest BCUT2D eigenvalue weighted by atomic mass is 9.61. The van der Waals surface area contributed by atoms with Crippen LogP contribution in [0.25, 0.3) is 5.57 Å². The summed E-state index contributed by atoms with van der Waals surface area (Å²) in [6, 6.07) is 11.4. The smallest absolute Gasteiger partial charge is 0.0302 e. The number of pyridine rings is 1. The Morgan fingerprint density at radius 2 is 2.00 bits per heavy atom. The number of rotatable bonds is 10. The fourth-order valence-corrected chi connectivity index (χ4v) is 6.34. The van der Waals surface area contributed by atoms with Gasteiger partial charge in [-0.3, -0.25) is 4.98 Å². The van der Waals surface area contributed by atoms with Gasteiger partial charge in [-0.15, -0.1) is 0 Å². The molecule has 1 aromatic heterocycles. The maximum atomic E-state index is 4.48. The van der Waals surface area contributed by atoms with Crippen molar-refractivity contribution in [2.24, 2.45) is 17.3 Å². The third-order valence-electron chi connectivity index (χ3n) is 7.65. The fraction of sp³-hybridized carbons (Fsp3) is 0.581. The lowest BCUT2D eigenvalue weighted by Crippen LogP contribution is -2.32. The Balaban J connectivity index is 1.64. The molecular formula is C31H45N. The molecule has 1 saturated carbocycles. The molecule has 1 aliphatic rings. The highest BCUT2D eigenvalue weighted by Gasteiger charge is 2.38. The summed E-state index contributed by atoms with van der Waals surface area (Å²) in [7, 11) is 0. The van der Waals surface area contributed by atoms with Gasteiger partial charge in [-0.2, -0.15) is 0 Å². The van der Waals surface area contributed by atoms with E-state index < -0.39 is 0 Å². The molecule has 1 aromatic carbocycles. The molecule has 0 N–H and O–H groups in total. The molecule has 0 radical (unpaired) electrons. The first kappa shape index (κ1) is 24.7. The number of aryl methyl sites for hydroxylation is 1. The van der Waals surface area contributed by atoms with Crippen molar-refractivity contribution < 1.29 is 0 Å². The maximum Gasteiger partial charge on any atom is 0.0302 e. The van der Waals surface area contributed by atoms with E-state index in [0.717, 1.165) is 18.8 Å². The van der Waals surface area contributed by atoms with Gasteiger partial charge in [0.15, 0.2) is 0 Å². The van der Waals surface area contributed by atoms with Gasteiger partial charge in [-0.1, -0.05) is 65.0 Å². The van der Waals surface area contributed by atoms with E-state index in [1.54, 1.807) is 0 Å². The normalized spacial score (nSPS) is 23.4. The number of hydrogen-bond acceptors (Lipinski definition) is 1. The maximum absolute atomic E-state index is 4.48. The zero-order valence-electron chi connectivity index (χ0n) is 21.3. The van der Waals surface area contributed by atoms with E-state index in [1.807, 2.05) is 6.20 Å². The first-order valence-electron chi connectivity index (χ1n) is 13.0. The van der Waals surface area contributed by atoms with Crippen molar-refractivity contribution >= 4 is 5.57 Å². The van der Waals surface area contributed by atoms with Gasteiger partial charge >= 0.3 is 0 Å². The van der Waals surface area contributed by atoms with Crippen LogP contribution in [-0.2, 0) is 6.42 Å². The average Bonchev–Trinajstić information content (AvgIpc) is 2.75. The summed E-state index contributed by atoms with van der Waals surface area (Å²) in [5.74, 6) is 2.16. The summed E-state index contributed by atoms with van der Waals surface area (Å²) in [6.07, 6.45) is 15.5. The van der Waals surface area contributed by atoms with Gasteiger partial charge in [-0.25, -0.2) is 0 Å². The summed E-state index contributed by atoms with van der Waals surface area (Å²) < 4.78 is 0. The van der Waals surface area contributed by atoms with Gasteiger partial charge < -0.3 is 0 Å². The van der Waals surface area contributed by atoms with E-state index in [-0.39, 0.29) is 0 Å². The molecule has 3 unspecified atom stereocenters. The molecule has 0 spiro atoms. The predicted molar refractivity (Wildman–Crippen MR) is 140 cm³/mol. The van der Waals surface area contributed by atoms with Crippen molar-refractivity contribution in [3.63, 3.8) is 0 Å². The average molecular weight is 432 g/mol. The van der Waals surface area contributed by atoms with E-state index in [1.165, 1.54) is 72.8 Å². The molecule has 0 saturated heterocycles. The van der Waals surface area contributed by atoms with E-state index in [0.29, 0.717) is 17.3 Å². The molecule has 0 aliphatic heterocycles. The molecule has 0 bridgehead atoms. The van der Waals surface area contributed by atoms with Crippen LogP contribution in [0.5, 0.6) is 0 Å². The largest absolute Gasteiger partial charge is 0.264 e. The predicted octanol–water partition coefficient (Wildman–Crippen LogP) is 9.16. The summed E-state index contributed by atoms with van der Waals surface area (Å²) in [4.78, 5) is 4.41. The quantitative estimate of drug-likeness (QED) is 0.365. The zero-order valence-corrected chi connectivity index (χ0v) is 21.3. The molecular weight excluding hydrogens is 386 g/mol. The Labute approximate surface area is 197 Å². The molecule has 1 nitrogen and oxygen atoms in total. The Morgan fingerprint density at radius 3 is 2.66 bits per heavy atom. The lowest BCUT2D eigenvalue weighted by Gasteiger charge is -2.44. The molecule has 32 heavy (non-hydrogen) atoms. The molecule has 1 heterocycles. The van der Waals surface area contributed by atoms with Crippen LogP contribution in [0.1, 0.15) is 107 Å². The SMILES string of the molecule is C=C(CCCC1(CCC)CC(C)CC(c2cccnc2)C1)c1ccc(CC(C)C)c(C)c1. The van der Waals surface area contributed by atoms with Crippen molar-refractivity contribution in [1.82, 2.24) is 4.98 Å². The van der Waals surface area contributed by atoms with Crippen molar-refractivity contribution in [2.45, 2.75) is 98.3 Å². The number of nitrogens with zero attached hydrogens (tertiary/aromatic N) is 1.